The van der Waals surface area contributed by atoms with Crippen molar-refractivity contribution in [1.82, 2.24) is 0 Å². The van der Waals surface area contributed by atoms with Crippen LogP contribution in [0.3, 0.4) is 0 Å². The second-order valence-corrected chi connectivity index (χ2v) is 2.65. The summed E-state index contributed by atoms with van der Waals surface area (Å²) in [7, 11) is 2.85. The van der Waals surface area contributed by atoms with Gasteiger partial charge in [-0.1, -0.05) is 6.58 Å². The molecule has 0 aliphatic heterocycles. The molecule has 1 rings (SSSR count). The van der Waals surface area contributed by atoms with Gasteiger partial charge in [0.1, 0.15) is 17.4 Å². The summed E-state index contributed by atoms with van der Waals surface area (Å²) in [6.45, 7) is 3.58. The number of carbonyl (C=O) groups excluding carboxylic acids is 1. The first kappa shape index (κ1) is 17.9. The molecule has 2 radical (unpaired) electrons. The first-order valence-corrected chi connectivity index (χ1v) is 3.89. The Bertz CT molecular complexity index is 334. The Hall–Kier alpha value is -0.515. The number of carboxylic acids is 1. The van der Waals surface area contributed by atoms with Gasteiger partial charge in [0, 0.05) is 24.9 Å². The molecule has 0 aromatic carbocycles. The zero-order valence-electron chi connectivity index (χ0n) is 9.99. The van der Waals surface area contributed by atoms with E-state index in [-0.39, 0.29) is 49.4 Å². The monoisotopic (exact) mass is 208 g/mol. The van der Waals surface area contributed by atoms with Crippen LogP contribution in [-0.4, -0.2) is 39.0 Å². The van der Waals surface area contributed by atoms with Crippen LogP contribution < -0.4 is 24.0 Å². The Morgan fingerprint density at radius 1 is 1.31 bits per heavy atom. The molecule has 1 aliphatic rings. The molecule has 0 heterocycles. The third kappa shape index (κ3) is 3.81. The third-order valence-electron chi connectivity index (χ3n) is 1.82. The molecule has 0 unspecified atom stereocenters. The van der Waals surface area contributed by atoms with Crippen molar-refractivity contribution >= 4 is 24.8 Å². The Labute approximate surface area is 119 Å². The fourth-order valence-electron chi connectivity index (χ4n) is 1.16. The first-order chi connectivity index (χ1) is 6.60. The number of methoxy groups -OCH3 is 2. The van der Waals surface area contributed by atoms with Gasteiger partial charge in [-0.15, -0.1) is 0 Å². The Morgan fingerprint density at radius 2 is 1.88 bits per heavy atom. The van der Waals surface area contributed by atoms with E-state index in [0.717, 1.165) is 0 Å². The summed E-state index contributed by atoms with van der Waals surface area (Å²) in [4.78, 5) is 10.7. The van der Waals surface area contributed by atoms with Gasteiger partial charge in [-0.3, -0.25) is 0 Å². The summed E-state index contributed by atoms with van der Waals surface area (Å²) in [5.41, 5.74) is 0.307. The molecule has 1 aliphatic carbocycles. The SMILES string of the molecule is C=C1C=C(OC)C=C(OC)[C]1C(=O)[O-].[Li+].[Li]. The van der Waals surface area contributed by atoms with E-state index >= 15 is 0 Å². The van der Waals surface area contributed by atoms with Gasteiger partial charge in [0.2, 0.25) is 0 Å². The number of carboxylic acid groups (broad SMARTS) is 1. The first-order valence-electron chi connectivity index (χ1n) is 3.89. The molecule has 0 spiro atoms. The van der Waals surface area contributed by atoms with Gasteiger partial charge in [-0.05, 0) is 11.6 Å². The number of hydrogen-bond donors (Lipinski definition) is 0. The van der Waals surface area contributed by atoms with Gasteiger partial charge in [0.25, 0.3) is 0 Å². The molecule has 76 valence electrons. The Balaban J connectivity index is 0. The van der Waals surface area contributed by atoms with Crippen LogP contribution in [0.1, 0.15) is 0 Å². The Kier molecular flexibility index (Phi) is 8.61. The number of ether oxygens (including phenoxy) is 2. The minimum absolute atomic E-state index is 0. The van der Waals surface area contributed by atoms with Crippen LogP contribution in [0.2, 0.25) is 0 Å². The minimum atomic E-state index is -1.31. The zero-order valence-corrected chi connectivity index (χ0v) is 9.99. The van der Waals surface area contributed by atoms with E-state index in [1.54, 1.807) is 0 Å². The number of aliphatic carboxylic acids is 1. The van der Waals surface area contributed by atoms with E-state index in [1.165, 1.54) is 26.4 Å². The molecule has 0 atom stereocenters. The van der Waals surface area contributed by atoms with Crippen molar-refractivity contribution in [3.63, 3.8) is 0 Å². The molecule has 16 heavy (non-hydrogen) atoms. The van der Waals surface area contributed by atoms with Crippen molar-refractivity contribution in [3.8, 4) is 0 Å². The minimum Gasteiger partial charge on any atom is -0.549 e. The summed E-state index contributed by atoms with van der Waals surface area (Å²) < 4.78 is 9.83. The van der Waals surface area contributed by atoms with Crippen molar-refractivity contribution in [1.29, 1.82) is 0 Å². The maximum Gasteiger partial charge on any atom is 1.00 e. The number of carbonyl (C=O) groups is 1. The van der Waals surface area contributed by atoms with Gasteiger partial charge < -0.3 is 19.4 Å². The second-order valence-electron chi connectivity index (χ2n) is 2.65. The molecule has 6 heteroatoms. The van der Waals surface area contributed by atoms with Crippen molar-refractivity contribution in [2.24, 2.45) is 0 Å². The second kappa shape index (κ2) is 7.71. The topological polar surface area (TPSA) is 58.6 Å². The number of hydrogen-bond acceptors (Lipinski definition) is 4. The fourth-order valence-corrected chi connectivity index (χ4v) is 1.16. The maximum absolute atomic E-state index is 10.7. The summed E-state index contributed by atoms with van der Waals surface area (Å²) in [5, 5.41) is 10.7. The van der Waals surface area contributed by atoms with Gasteiger partial charge in [-0.25, -0.2) is 0 Å². The smallest absolute Gasteiger partial charge is 0.549 e. The molecule has 4 nitrogen and oxygen atoms in total. The van der Waals surface area contributed by atoms with Crippen LogP contribution in [0.15, 0.2) is 35.8 Å². The summed E-state index contributed by atoms with van der Waals surface area (Å²) >= 11 is 0. The molecular formula is C10H10Li2O4. The van der Waals surface area contributed by atoms with E-state index in [2.05, 4.69) is 6.58 Å². The van der Waals surface area contributed by atoms with Gasteiger partial charge in [0.15, 0.2) is 0 Å². The van der Waals surface area contributed by atoms with E-state index in [0.29, 0.717) is 11.3 Å². The van der Waals surface area contributed by atoms with Crippen molar-refractivity contribution in [2.75, 3.05) is 14.2 Å². The standard InChI is InChI=1S/C10H11O4.2Li/c1-6-4-7(13-2)5-8(14-3)9(6)10(11)12;;/h4-5H,1H2,2-3H3,(H,11,12);;/q;;+1/p-1. The molecule has 0 aromatic heterocycles. The van der Waals surface area contributed by atoms with Gasteiger partial charge in [-0.2, -0.15) is 0 Å². The fraction of sp³-hybridized carbons (Fsp3) is 0.200. The maximum atomic E-state index is 10.7. The van der Waals surface area contributed by atoms with Crippen LogP contribution in [0.25, 0.3) is 0 Å². The molecule has 0 aromatic rings. The molecular weight excluding hydrogens is 198 g/mol. The quantitative estimate of drug-likeness (QED) is 0.453. The summed E-state index contributed by atoms with van der Waals surface area (Å²) in [6.07, 6.45) is 2.98. The molecule has 0 bridgehead atoms. The summed E-state index contributed by atoms with van der Waals surface area (Å²) in [5.74, 6) is -0.672. The summed E-state index contributed by atoms with van der Waals surface area (Å²) in [6, 6.07) is 0. The normalized spacial score (nSPS) is 15.0. The van der Waals surface area contributed by atoms with Crippen molar-refractivity contribution in [3.05, 3.63) is 41.7 Å². The average Bonchev–Trinajstić information content (AvgIpc) is 2.15. The zero-order chi connectivity index (χ0) is 10.7. The predicted molar refractivity (Wildman–Crippen MR) is 53.3 cm³/mol. The van der Waals surface area contributed by atoms with Gasteiger partial charge >= 0.3 is 18.9 Å². The largest absolute Gasteiger partial charge is 1.00 e. The van der Waals surface area contributed by atoms with Crippen LogP contribution >= 0.6 is 0 Å². The molecule has 0 fully saturated rings. The van der Waals surface area contributed by atoms with Crippen LogP contribution in [-0.2, 0) is 14.3 Å². The number of rotatable bonds is 3. The average molecular weight is 208 g/mol. The third-order valence-corrected chi connectivity index (χ3v) is 1.82. The van der Waals surface area contributed by atoms with Crippen molar-refractivity contribution < 1.29 is 38.2 Å². The van der Waals surface area contributed by atoms with E-state index in [9.17, 15) is 9.90 Å². The molecule has 0 N–H and O–H groups in total. The molecule has 0 saturated carbocycles. The Morgan fingerprint density at radius 3 is 2.25 bits per heavy atom. The van der Waals surface area contributed by atoms with Crippen LogP contribution in [0.4, 0.5) is 0 Å². The van der Waals surface area contributed by atoms with Crippen molar-refractivity contribution in [2.45, 2.75) is 0 Å². The van der Waals surface area contributed by atoms with E-state index in [4.69, 9.17) is 9.47 Å². The number of allylic oxidation sites excluding steroid dienone is 2. The van der Waals surface area contributed by atoms with Crippen LogP contribution in [0.5, 0.6) is 0 Å². The van der Waals surface area contributed by atoms with Gasteiger partial charge in [0.05, 0.1) is 20.2 Å². The molecule has 0 amide bonds. The molecule has 0 saturated heterocycles. The predicted octanol–water partition coefficient (Wildman–Crippen LogP) is -3.44. The van der Waals surface area contributed by atoms with E-state index in [1.807, 2.05) is 0 Å². The van der Waals surface area contributed by atoms with Crippen LogP contribution in [0, 0.1) is 5.92 Å². The van der Waals surface area contributed by atoms with E-state index < -0.39 is 5.97 Å².